The minimum absolute atomic E-state index is 0.116. The van der Waals surface area contributed by atoms with Crippen LogP contribution in [-0.2, 0) is 6.54 Å². The highest BCUT2D eigenvalue weighted by molar-refractivity contribution is 6.10. The van der Waals surface area contributed by atoms with Crippen molar-refractivity contribution in [1.29, 1.82) is 0 Å². The Morgan fingerprint density at radius 1 is 0.759 bits per heavy atom. The summed E-state index contributed by atoms with van der Waals surface area (Å²) >= 11 is 0. The summed E-state index contributed by atoms with van der Waals surface area (Å²) in [5.41, 5.74) is 27.4. The van der Waals surface area contributed by atoms with Crippen molar-refractivity contribution in [2.45, 2.75) is 33.0 Å². The van der Waals surface area contributed by atoms with Gasteiger partial charge in [0.25, 0.3) is 0 Å². The molecular weight excluding hydrogens is 358 g/mol. The molecule has 0 radical (unpaired) electrons. The first-order valence-electron chi connectivity index (χ1n) is 9.97. The predicted octanol–water partition coefficient (Wildman–Crippen LogP) is 3.77. The van der Waals surface area contributed by atoms with Gasteiger partial charge in [-0.25, -0.2) is 0 Å². The van der Waals surface area contributed by atoms with Gasteiger partial charge in [-0.05, 0) is 49.7 Å². The van der Waals surface area contributed by atoms with E-state index >= 15 is 0 Å². The summed E-state index contributed by atoms with van der Waals surface area (Å²) in [5, 5.41) is 3.56. The lowest BCUT2D eigenvalue weighted by molar-refractivity contribution is -0.655. The van der Waals surface area contributed by atoms with Crippen LogP contribution in [0.5, 0.6) is 0 Å². The molecule has 8 N–H and O–H groups in total. The maximum Gasteiger partial charge on any atom is 0.220 e. The summed E-state index contributed by atoms with van der Waals surface area (Å²) in [6.45, 7) is 4.97. The van der Waals surface area contributed by atoms with Crippen LogP contribution < -0.4 is 27.5 Å². The maximum absolute atomic E-state index is 6.10. The first kappa shape index (κ1) is 20.6. The van der Waals surface area contributed by atoms with E-state index in [2.05, 4.69) is 60.0 Å². The zero-order valence-electron chi connectivity index (χ0n) is 17.1. The molecule has 4 aromatic rings. The van der Waals surface area contributed by atoms with Crippen LogP contribution in [0.25, 0.3) is 32.9 Å². The van der Waals surface area contributed by atoms with Gasteiger partial charge in [0.15, 0.2) is 0 Å². The Labute approximate surface area is 171 Å². The van der Waals surface area contributed by atoms with Crippen molar-refractivity contribution in [3.63, 3.8) is 0 Å². The van der Waals surface area contributed by atoms with E-state index < -0.39 is 0 Å². The van der Waals surface area contributed by atoms with Crippen LogP contribution in [0.1, 0.15) is 20.3 Å². The maximum atomic E-state index is 6.10. The molecule has 5 heteroatoms. The molecule has 0 unspecified atom stereocenters. The highest BCUT2D eigenvalue weighted by Gasteiger charge is 2.22. The van der Waals surface area contributed by atoms with Gasteiger partial charge in [0.1, 0.15) is 6.54 Å². The van der Waals surface area contributed by atoms with Gasteiger partial charge >= 0.3 is 0 Å². The number of hydrogen-bond acceptors (Lipinski definition) is 4. The number of nitrogens with zero attached hydrogens (tertiary/aromatic N) is 1. The van der Waals surface area contributed by atoms with Gasteiger partial charge in [0.2, 0.25) is 11.2 Å². The lowest BCUT2D eigenvalue weighted by Crippen LogP contribution is -2.36. The highest BCUT2D eigenvalue weighted by atomic mass is 15.0. The molecule has 0 atom stereocenters. The summed E-state index contributed by atoms with van der Waals surface area (Å²) in [6.07, 6.45) is 0.745. The second kappa shape index (κ2) is 8.90. The smallest absolute Gasteiger partial charge is 0.220 e. The average molecular weight is 389 g/mol. The molecule has 0 fully saturated rings. The lowest BCUT2D eigenvalue weighted by Gasteiger charge is -2.12. The predicted molar refractivity (Wildman–Crippen MR) is 124 cm³/mol. The number of aryl methyl sites for hydroxylation is 1. The van der Waals surface area contributed by atoms with E-state index in [1.807, 2.05) is 25.1 Å². The monoisotopic (exact) mass is 388 g/mol. The van der Waals surface area contributed by atoms with Crippen LogP contribution in [0.3, 0.4) is 0 Å². The summed E-state index contributed by atoms with van der Waals surface area (Å²) < 4.78 is 2.32. The molecule has 150 valence electrons. The summed E-state index contributed by atoms with van der Waals surface area (Å²) in [7, 11) is 0. The third-order valence-electron chi connectivity index (χ3n) is 5.01. The number of nitrogens with two attached hydrogens (primary N) is 4. The quantitative estimate of drug-likeness (QED) is 0.185. The highest BCUT2D eigenvalue weighted by Crippen LogP contribution is 2.33. The number of benzene rings is 3. The molecule has 0 amide bonds. The molecule has 0 aliphatic carbocycles. The van der Waals surface area contributed by atoms with Gasteiger partial charge in [-0.15, -0.1) is 0 Å². The molecule has 0 spiro atoms. The number of hydrogen-bond donors (Lipinski definition) is 4. The van der Waals surface area contributed by atoms with Crippen molar-refractivity contribution in [1.82, 2.24) is 0 Å². The standard InChI is InChI=1S/C21H19N3.C3H10N2/c1-2-24-20-13-16(23)9-11-18(20)17-10-8-15(22)12-19(17)21(24)14-6-4-3-5-7-14;1-2-3(4)5/h3-13,23H,2,22H2,1H3;3H,2,4-5H2,1H3/p+1. The number of nitrogen functional groups attached to an aromatic ring is 2. The molecule has 0 saturated carbocycles. The summed E-state index contributed by atoms with van der Waals surface area (Å²) in [6, 6.07) is 22.7. The molecule has 29 heavy (non-hydrogen) atoms. The van der Waals surface area contributed by atoms with Gasteiger partial charge in [0, 0.05) is 28.4 Å². The minimum Gasteiger partial charge on any atom is -0.399 e. The fourth-order valence-electron chi connectivity index (χ4n) is 3.49. The van der Waals surface area contributed by atoms with Gasteiger partial charge in [-0.3, -0.25) is 0 Å². The molecule has 1 heterocycles. The van der Waals surface area contributed by atoms with Gasteiger partial charge in [0.05, 0.1) is 16.9 Å². The average Bonchev–Trinajstić information content (AvgIpc) is 2.73. The van der Waals surface area contributed by atoms with E-state index in [0.29, 0.717) is 0 Å². The van der Waals surface area contributed by atoms with E-state index in [-0.39, 0.29) is 6.17 Å². The number of aromatic nitrogens is 1. The number of anilines is 2. The minimum atomic E-state index is -0.116. The molecule has 1 aromatic heterocycles. The van der Waals surface area contributed by atoms with Crippen LogP contribution in [0.4, 0.5) is 11.4 Å². The molecular formula is C24H30N5+. The molecule has 0 aliphatic rings. The fourth-order valence-corrected chi connectivity index (χ4v) is 3.49. The second-order valence-corrected chi connectivity index (χ2v) is 7.11. The van der Waals surface area contributed by atoms with Crippen LogP contribution >= 0.6 is 0 Å². The Kier molecular flexibility index (Phi) is 6.32. The van der Waals surface area contributed by atoms with E-state index in [9.17, 15) is 0 Å². The van der Waals surface area contributed by atoms with Crippen molar-refractivity contribution in [3.8, 4) is 11.3 Å². The largest absolute Gasteiger partial charge is 0.399 e. The van der Waals surface area contributed by atoms with Gasteiger partial charge in [-0.1, -0.05) is 31.2 Å². The van der Waals surface area contributed by atoms with Crippen LogP contribution in [0.15, 0.2) is 66.7 Å². The SMILES string of the molecule is CCC(N)N.CC[n+]1c(-c2ccccc2)c2cc(N)ccc2c2ccc(N)cc21. The van der Waals surface area contributed by atoms with Gasteiger partial charge < -0.3 is 22.9 Å². The van der Waals surface area contributed by atoms with E-state index in [1.54, 1.807) is 0 Å². The molecule has 5 nitrogen and oxygen atoms in total. The zero-order valence-corrected chi connectivity index (χ0v) is 17.1. The third-order valence-corrected chi connectivity index (χ3v) is 5.01. The second-order valence-electron chi connectivity index (χ2n) is 7.11. The zero-order chi connectivity index (χ0) is 21.0. The third kappa shape index (κ3) is 4.31. The number of rotatable bonds is 3. The Morgan fingerprint density at radius 2 is 1.34 bits per heavy atom. The van der Waals surface area contributed by atoms with Crippen LogP contribution in [0, 0.1) is 0 Å². The summed E-state index contributed by atoms with van der Waals surface area (Å²) in [4.78, 5) is 0. The Bertz CT molecular complexity index is 1120. The fraction of sp³-hybridized carbons (Fsp3) is 0.208. The normalized spacial score (nSPS) is 10.9. The molecule has 0 bridgehead atoms. The first-order valence-corrected chi connectivity index (χ1v) is 9.97. The molecule has 0 saturated heterocycles. The first-order chi connectivity index (χ1) is 14.0. The van der Waals surface area contributed by atoms with Crippen molar-refractivity contribution in [2.75, 3.05) is 11.5 Å². The van der Waals surface area contributed by atoms with Gasteiger partial charge in [-0.2, -0.15) is 4.57 Å². The molecule has 3 aromatic carbocycles. The van der Waals surface area contributed by atoms with Crippen LogP contribution in [0.2, 0.25) is 0 Å². The lowest BCUT2D eigenvalue weighted by atomic mass is 9.98. The topological polar surface area (TPSA) is 108 Å². The Morgan fingerprint density at radius 3 is 1.93 bits per heavy atom. The molecule has 0 aliphatic heterocycles. The Balaban J connectivity index is 0.000000431. The van der Waals surface area contributed by atoms with Crippen molar-refractivity contribution in [3.05, 3.63) is 66.7 Å². The van der Waals surface area contributed by atoms with Crippen molar-refractivity contribution in [2.24, 2.45) is 11.5 Å². The van der Waals surface area contributed by atoms with E-state index in [1.165, 1.54) is 27.4 Å². The summed E-state index contributed by atoms with van der Waals surface area (Å²) in [5.74, 6) is 0. The number of fused-ring (bicyclic) bond motifs is 3. The van der Waals surface area contributed by atoms with Crippen molar-refractivity contribution < 1.29 is 4.57 Å². The Hall–Kier alpha value is -3.15. The van der Waals surface area contributed by atoms with Crippen molar-refractivity contribution >= 4 is 33.1 Å². The van der Waals surface area contributed by atoms with E-state index in [4.69, 9.17) is 22.9 Å². The number of pyridine rings is 1. The van der Waals surface area contributed by atoms with Crippen LogP contribution in [-0.4, -0.2) is 6.17 Å². The molecule has 4 rings (SSSR count). The van der Waals surface area contributed by atoms with E-state index in [0.717, 1.165) is 29.9 Å².